The third-order valence-corrected chi connectivity index (χ3v) is 2.92. The van der Waals surface area contributed by atoms with Gasteiger partial charge in [0.2, 0.25) is 0 Å². The summed E-state index contributed by atoms with van der Waals surface area (Å²) in [5.74, 6) is 0.383. The minimum Gasteiger partial charge on any atom is -0.489 e. The molecule has 1 aliphatic rings. The van der Waals surface area contributed by atoms with Crippen LogP contribution >= 0.6 is 0 Å². The van der Waals surface area contributed by atoms with E-state index in [9.17, 15) is 4.39 Å². The second kappa shape index (κ2) is 6.01. The summed E-state index contributed by atoms with van der Waals surface area (Å²) in [5.41, 5.74) is 0. The van der Waals surface area contributed by atoms with Crippen LogP contribution in [0.3, 0.4) is 0 Å². The summed E-state index contributed by atoms with van der Waals surface area (Å²) in [4.78, 5) is 0. The first-order valence-corrected chi connectivity index (χ1v) is 6.43. The number of halogens is 1. The lowest BCUT2D eigenvalue weighted by Crippen LogP contribution is -2.32. The molecular weight excluding hydrogens is 217 g/mol. The van der Waals surface area contributed by atoms with Crippen molar-refractivity contribution in [3.63, 3.8) is 0 Å². The van der Waals surface area contributed by atoms with E-state index >= 15 is 0 Å². The Balaban J connectivity index is 1.86. The van der Waals surface area contributed by atoms with Crippen LogP contribution in [-0.2, 0) is 0 Å². The zero-order valence-electron chi connectivity index (χ0n) is 10.3. The number of hydrogen-bond acceptors (Lipinski definition) is 2. The molecule has 1 aromatic carbocycles. The normalized spacial score (nSPS) is 16.8. The van der Waals surface area contributed by atoms with Crippen LogP contribution in [0.5, 0.6) is 5.75 Å². The third-order valence-electron chi connectivity index (χ3n) is 2.92. The molecular formula is C14H20FNO. The first kappa shape index (κ1) is 12.4. The first-order chi connectivity index (χ1) is 8.28. The van der Waals surface area contributed by atoms with Crippen molar-refractivity contribution in [1.29, 1.82) is 0 Å². The lowest BCUT2D eigenvalue weighted by atomic mass is 10.2. The second-order valence-corrected chi connectivity index (χ2v) is 4.67. The smallest absolute Gasteiger partial charge is 0.126 e. The molecule has 0 aliphatic heterocycles. The monoisotopic (exact) mass is 237 g/mol. The molecule has 0 spiro atoms. The largest absolute Gasteiger partial charge is 0.489 e. The average molecular weight is 237 g/mol. The van der Waals surface area contributed by atoms with E-state index in [-0.39, 0.29) is 11.9 Å². The molecule has 1 aliphatic carbocycles. The Morgan fingerprint density at radius 3 is 2.94 bits per heavy atom. The Morgan fingerprint density at radius 1 is 1.47 bits per heavy atom. The van der Waals surface area contributed by atoms with Crippen molar-refractivity contribution in [2.45, 2.75) is 44.8 Å². The van der Waals surface area contributed by atoms with Gasteiger partial charge in [0.15, 0.2) is 0 Å². The predicted molar refractivity (Wildman–Crippen MR) is 66.7 cm³/mol. The maximum Gasteiger partial charge on any atom is 0.126 e. The van der Waals surface area contributed by atoms with Gasteiger partial charge in [-0.25, -0.2) is 4.39 Å². The van der Waals surface area contributed by atoms with Gasteiger partial charge in [-0.2, -0.15) is 0 Å². The number of rotatable bonds is 7. The van der Waals surface area contributed by atoms with Gasteiger partial charge in [-0.05, 0) is 31.4 Å². The fraction of sp³-hybridized carbons (Fsp3) is 0.571. The first-order valence-electron chi connectivity index (χ1n) is 6.43. The highest BCUT2D eigenvalue weighted by atomic mass is 19.1. The van der Waals surface area contributed by atoms with Crippen LogP contribution in [-0.4, -0.2) is 18.7 Å². The molecule has 0 aromatic heterocycles. The molecule has 1 atom stereocenters. The van der Waals surface area contributed by atoms with Crippen LogP contribution in [0.1, 0.15) is 32.6 Å². The fourth-order valence-electron chi connectivity index (χ4n) is 1.84. The lowest BCUT2D eigenvalue weighted by molar-refractivity contribution is 0.185. The van der Waals surface area contributed by atoms with Crippen LogP contribution in [0, 0.1) is 5.82 Å². The third kappa shape index (κ3) is 4.35. The van der Waals surface area contributed by atoms with Gasteiger partial charge < -0.3 is 10.1 Å². The molecule has 2 rings (SSSR count). The summed E-state index contributed by atoms with van der Waals surface area (Å²) in [7, 11) is 0. The molecule has 1 unspecified atom stereocenters. The zero-order valence-corrected chi connectivity index (χ0v) is 10.3. The van der Waals surface area contributed by atoms with Gasteiger partial charge in [-0.3, -0.25) is 0 Å². The highest BCUT2D eigenvalue weighted by Crippen LogP contribution is 2.20. The summed E-state index contributed by atoms with van der Waals surface area (Å²) in [6, 6.07) is 7.06. The Bertz CT molecular complexity index is 352. The van der Waals surface area contributed by atoms with Crippen molar-refractivity contribution < 1.29 is 9.13 Å². The van der Waals surface area contributed by atoms with Crippen LogP contribution in [0.25, 0.3) is 0 Å². The predicted octanol–water partition coefficient (Wildman–Crippen LogP) is 3.13. The van der Waals surface area contributed by atoms with E-state index in [1.54, 1.807) is 6.07 Å². The molecule has 0 radical (unpaired) electrons. The summed E-state index contributed by atoms with van der Waals surface area (Å²) in [5, 5.41) is 3.46. The Hall–Kier alpha value is -1.09. The maximum atomic E-state index is 13.0. The van der Waals surface area contributed by atoms with Gasteiger partial charge in [-0.1, -0.05) is 19.4 Å². The SMILES string of the molecule is CCCC(CNC1CC1)Oc1cccc(F)c1. The Labute approximate surface area is 102 Å². The highest BCUT2D eigenvalue weighted by molar-refractivity contribution is 5.22. The Kier molecular flexibility index (Phi) is 4.37. The number of benzene rings is 1. The molecule has 0 heterocycles. The molecule has 17 heavy (non-hydrogen) atoms. The van der Waals surface area contributed by atoms with Crippen molar-refractivity contribution in [3.05, 3.63) is 30.1 Å². The molecule has 1 aromatic rings. The zero-order chi connectivity index (χ0) is 12.1. The minimum atomic E-state index is -0.243. The van der Waals surface area contributed by atoms with E-state index in [2.05, 4.69) is 12.2 Å². The van der Waals surface area contributed by atoms with Crippen molar-refractivity contribution in [2.75, 3.05) is 6.54 Å². The second-order valence-electron chi connectivity index (χ2n) is 4.67. The van der Waals surface area contributed by atoms with Crippen molar-refractivity contribution in [2.24, 2.45) is 0 Å². The molecule has 0 saturated heterocycles. The molecule has 1 saturated carbocycles. The van der Waals surface area contributed by atoms with Gasteiger partial charge in [0.05, 0.1) is 0 Å². The topological polar surface area (TPSA) is 21.3 Å². The van der Waals surface area contributed by atoms with Gasteiger partial charge in [0.1, 0.15) is 17.7 Å². The molecule has 1 fully saturated rings. The van der Waals surface area contributed by atoms with E-state index in [0.29, 0.717) is 11.8 Å². The lowest BCUT2D eigenvalue weighted by Gasteiger charge is -2.19. The average Bonchev–Trinajstić information content (AvgIpc) is 3.10. The van der Waals surface area contributed by atoms with Crippen LogP contribution < -0.4 is 10.1 Å². The maximum absolute atomic E-state index is 13.0. The van der Waals surface area contributed by atoms with Crippen molar-refractivity contribution >= 4 is 0 Å². The van der Waals surface area contributed by atoms with Crippen LogP contribution in [0.4, 0.5) is 4.39 Å². The molecule has 94 valence electrons. The Morgan fingerprint density at radius 2 is 2.29 bits per heavy atom. The number of ether oxygens (including phenoxy) is 1. The minimum absolute atomic E-state index is 0.141. The van der Waals surface area contributed by atoms with Gasteiger partial charge in [0.25, 0.3) is 0 Å². The molecule has 3 heteroatoms. The summed E-state index contributed by atoms with van der Waals surface area (Å²) >= 11 is 0. The summed E-state index contributed by atoms with van der Waals surface area (Å²) in [6.45, 7) is 2.99. The van der Waals surface area contributed by atoms with E-state index in [0.717, 1.165) is 19.4 Å². The van der Waals surface area contributed by atoms with Gasteiger partial charge in [0, 0.05) is 18.7 Å². The van der Waals surface area contributed by atoms with Gasteiger partial charge >= 0.3 is 0 Å². The summed E-state index contributed by atoms with van der Waals surface area (Å²) in [6.07, 6.45) is 4.77. The van der Waals surface area contributed by atoms with E-state index in [4.69, 9.17) is 4.74 Å². The molecule has 2 nitrogen and oxygen atoms in total. The van der Waals surface area contributed by atoms with E-state index in [1.165, 1.54) is 25.0 Å². The van der Waals surface area contributed by atoms with Crippen molar-refractivity contribution in [3.8, 4) is 5.75 Å². The number of nitrogens with one attached hydrogen (secondary N) is 1. The standard InChI is InChI=1S/C14H20FNO/c1-2-4-14(10-16-12-7-8-12)17-13-6-3-5-11(15)9-13/h3,5-6,9,12,14,16H,2,4,7-8,10H2,1H3. The van der Waals surface area contributed by atoms with Gasteiger partial charge in [-0.15, -0.1) is 0 Å². The fourth-order valence-corrected chi connectivity index (χ4v) is 1.84. The van der Waals surface area contributed by atoms with E-state index in [1.807, 2.05) is 6.07 Å². The van der Waals surface area contributed by atoms with Crippen LogP contribution in [0.2, 0.25) is 0 Å². The molecule has 0 bridgehead atoms. The van der Waals surface area contributed by atoms with Crippen LogP contribution in [0.15, 0.2) is 24.3 Å². The van der Waals surface area contributed by atoms with Crippen molar-refractivity contribution in [1.82, 2.24) is 5.32 Å². The quantitative estimate of drug-likeness (QED) is 0.786. The molecule has 0 amide bonds. The molecule has 1 N–H and O–H groups in total. The number of hydrogen-bond donors (Lipinski definition) is 1. The summed E-state index contributed by atoms with van der Waals surface area (Å²) < 4.78 is 18.8. The highest BCUT2D eigenvalue weighted by Gasteiger charge is 2.22. The van der Waals surface area contributed by atoms with E-state index < -0.39 is 0 Å².